The summed E-state index contributed by atoms with van der Waals surface area (Å²) in [4.78, 5) is 13.5. The smallest absolute Gasteiger partial charge is 0.288 e. The normalized spacial score (nSPS) is 15.2. The van der Waals surface area contributed by atoms with E-state index in [1.54, 1.807) is 16.0 Å². The van der Waals surface area contributed by atoms with Gasteiger partial charge in [-0.25, -0.2) is 5.10 Å². The van der Waals surface area contributed by atoms with Crippen LogP contribution in [0.1, 0.15) is 42.5 Å². The Morgan fingerprint density at radius 2 is 2.00 bits per heavy atom. The quantitative estimate of drug-likeness (QED) is 0.489. The van der Waals surface area contributed by atoms with Crippen LogP contribution in [0.5, 0.6) is 0 Å². The Kier molecular flexibility index (Phi) is 3.83. The molecule has 1 aliphatic rings. The third-order valence-electron chi connectivity index (χ3n) is 4.94. The highest BCUT2D eigenvalue weighted by Crippen LogP contribution is 2.42. The van der Waals surface area contributed by atoms with Crippen molar-refractivity contribution in [3.8, 4) is 10.6 Å². The maximum Gasteiger partial charge on any atom is 0.288 e. The van der Waals surface area contributed by atoms with Gasteiger partial charge >= 0.3 is 0 Å². The molecule has 1 aromatic carbocycles. The first-order chi connectivity index (χ1) is 13.6. The lowest BCUT2D eigenvalue weighted by atomic mass is 9.92. The number of thiophene rings is 1. The number of nitrogens with zero attached hydrogens (tertiary/aromatic N) is 5. The first kappa shape index (κ1) is 16.8. The molecule has 1 atom stereocenters. The van der Waals surface area contributed by atoms with Gasteiger partial charge in [-0.3, -0.25) is 4.79 Å². The lowest BCUT2D eigenvalue weighted by molar-refractivity contribution is 0.567. The zero-order chi connectivity index (χ0) is 19.3. The van der Waals surface area contributed by atoms with Gasteiger partial charge in [0.1, 0.15) is 17.4 Å². The van der Waals surface area contributed by atoms with Gasteiger partial charge in [0.25, 0.3) is 5.56 Å². The van der Waals surface area contributed by atoms with Crippen LogP contribution in [0.15, 0.2) is 46.6 Å². The lowest BCUT2D eigenvalue weighted by Gasteiger charge is -2.27. The minimum absolute atomic E-state index is 0.298. The van der Waals surface area contributed by atoms with E-state index < -0.39 is 0 Å². The van der Waals surface area contributed by atoms with Gasteiger partial charge in [-0.1, -0.05) is 49.3 Å². The molecule has 2 N–H and O–H groups in total. The highest BCUT2D eigenvalue weighted by atomic mass is 32.1. The Labute approximate surface area is 164 Å². The second-order valence-corrected chi connectivity index (χ2v) is 7.91. The van der Waals surface area contributed by atoms with E-state index in [0.717, 1.165) is 21.7 Å². The molecule has 0 bridgehead atoms. The van der Waals surface area contributed by atoms with Crippen molar-refractivity contribution in [1.29, 1.82) is 0 Å². The number of tetrazole rings is 1. The highest BCUT2D eigenvalue weighted by molar-refractivity contribution is 7.13. The number of H-pyrrole nitrogens is 1. The van der Waals surface area contributed by atoms with Gasteiger partial charge in [0, 0.05) is 5.56 Å². The summed E-state index contributed by atoms with van der Waals surface area (Å²) in [6.07, 6.45) is 0. The summed E-state index contributed by atoms with van der Waals surface area (Å²) in [6.45, 7) is 4.32. The van der Waals surface area contributed by atoms with Crippen LogP contribution in [-0.4, -0.2) is 30.4 Å². The van der Waals surface area contributed by atoms with Crippen LogP contribution in [0.2, 0.25) is 0 Å². The Bertz CT molecular complexity index is 1190. The van der Waals surface area contributed by atoms with E-state index >= 15 is 0 Å². The SMILES string of the molecule is CC(C)c1ccc([C@@H]2c3c(-c4cccs4)n[nH]c(=O)c3Nc3nnnn32)cc1. The number of anilines is 2. The molecule has 28 heavy (non-hydrogen) atoms. The van der Waals surface area contributed by atoms with Gasteiger partial charge in [0.15, 0.2) is 0 Å². The fourth-order valence-corrected chi connectivity index (χ4v) is 4.24. The average molecular weight is 391 g/mol. The van der Waals surface area contributed by atoms with E-state index in [0.29, 0.717) is 17.6 Å². The highest BCUT2D eigenvalue weighted by Gasteiger charge is 2.34. The molecule has 0 radical (unpaired) electrons. The second-order valence-electron chi connectivity index (χ2n) is 6.96. The van der Waals surface area contributed by atoms with Crippen molar-refractivity contribution in [2.75, 3.05) is 5.32 Å². The van der Waals surface area contributed by atoms with Crippen LogP contribution >= 0.6 is 11.3 Å². The molecule has 3 aromatic heterocycles. The summed E-state index contributed by atoms with van der Waals surface area (Å²) >= 11 is 1.57. The van der Waals surface area contributed by atoms with Gasteiger partial charge in [0.05, 0.1) is 4.88 Å². The van der Waals surface area contributed by atoms with E-state index in [1.807, 2.05) is 17.5 Å². The molecule has 0 amide bonds. The van der Waals surface area contributed by atoms with E-state index in [4.69, 9.17) is 0 Å². The molecule has 9 heteroatoms. The fraction of sp³-hybridized carbons (Fsp3) is 0.211. The number of benzene rings is 1. The molecule has 5 rings (SSSR count). The molecule has 0 fully saturated rings. The molecule has 140 valence electrons. The third-order valence-corrected chi connectivity index (χ3v) is 5.82. The summed E-state index contributed by atoms with van der Waals surface area (Å²) in [7, 11) is 0. The van der Waals surface area contributed by atoms with Gasteiger partial charge in [-0.15, -0.1) is 11.3 Å². The van der Waals surface area contributed by atoms with E-state index in [-0.39, 0.29) is 11.6 Å². The Morgan fingerprint density at radius 3 is 2.71 bits per heavy atom. The Balaban J connectivity index is 1.77. The van der Waals surface area contributed by atoms with Crippen LogP contribution in [0.3, 0.4) is 0 Å². The summed E-state index contributed by atoms with van der Waals surface area (Å²) < 4.78 is 1.70. The van der Waals surface area contributed by atoms with Crippen molar-refractivity contribution in [1.82, 2.24) is 30.4 Å². The summed E-state index contributed by atoms with van der Waals surface area (Å²) in [5.41, 5.74) is 3.86. The molecular weight excluding hydrogens is 374 g/mol. The standard InChI is InChI=1S/C19H17N7OS/c1-10(2)11-5-7-12(8-6-11)17-14-15(13-4-3-9-28-13)21-22-18(27)16(14)20-19-23-24-25-26(17)19/h3-10,17H,1-2H3,(H,22,27)(H,20,23,25)/t17-/m1/s1. The largest absolute Gasteiger partial charge is 0.318 e. The third kappa shape index (κ3) is 2.55. The van der Waals surface area contributed by atoms with Gasteiger partial charge in [-0.2, -0.15) is 9.78 Å². The summed E-state index contributed by atoms with van der Waals surface area (Å²) in [5, 5.41) is 24.0. The number of hydrogen-bond acceptors (Lipinski definition) is 7. The number of hydrogen-bond donors (Lipinski definition) is 2. The van der Waals surface area contributed by atoms with Crippen molar-refractivity contribution >= 4 is 23.0 Å². The minimum Gasteiger partial charge on any atom is -0.318 e. The first-order valence-corrected chi connectivity index (χ1v) is 9.82. The topological polar surface area (TPSA) is 101 Å². The molecule has 0 spiro atoms. The van der Waals surface area contributed by atoms with Gasteiger partial charge < -0.3 is 5.32 Å². The molecule has 0 saturated carbocycles. The molecular formula is C19H17N7OS. The fourth-order valence-electron chi connectivity index (χ4n) is 3.51. The van der Waals surface area contributed by atoms with E-state index in [2.05, 4.69) is 69.2 Å². The maximum atomic E-state index is 12.6. The lowest BCUT2D eigenvalue weighted by Crippen LogP contribution is -2.29. The molecule has 1 aliphatic heterocycles. The Hall–Kier alpha value is -3.33. The van der Waals surface area contributed by atoms with E-state index in [1.165, 1.54) is 5.56 Å². The van der Waals surface area contributed by atoms with Crippen molar-refractivity contribution in [2.24, 2.45) is 0 Å². The summed E-state index contributed by atoms with van der Waals surface area (Å²) in [6, 6.07) is 12.0. The maximum absolute atomic E-state index is 12.6. The van der Waals surface area contributed by atoms with Crippen molar-refractivity contribution in [2.45, 2.75) is 25.8 Å². The molecule has 8 nitrogen and oxygen atoms in total. The zero-order valence-electron chi connectivity index (χ0n) is 15.2. The molecule has 0 saturated heterocycles. The first-order valence-electron chi connectivity index (χ1n) is 8.94. The molecule has 4 aromatic rings. The van der Waals surface area contributed by atoms with Crippen LogP contribution in [-0.2, 0) is 0 Å². The number of aromatic amines is 1. The zero-order valence-corrected chi connectivity index (χ0v) is 16.1. The molecule has 0 unspecified atom stereocenters. The summed E-state index contributed by atoms with van der Waals surface area (Å²) in [5.74, 6) is 0.864. The molecule has 0 aliphatic carbocycles. The van der Waals surface area contributed by atoms with Gasteiger partial charge in [0.2, 0.25) is 5.95 Å². The minimum atomic E-state index is -0.352. The number of fused-ring (bicyclic) bond motifs is 2. The number of aromatic nitrogens is 6. The predicted octanol–water partition coefficient (Wildman–Crippen LogP) is 3.30. The number of nitrogens with one attached hydrogen (secondary N) is 2. The Morgan fingerprint density at radius 1 is 1.18 bits per heavy atom. The van der Waals surface area contributed by atoms with Crippen LogP contribution in [0.4, 0.5) is 11.6 Å². The van der Waals surface area contributed by atoms with Crippen molar-refractivity contribution in [3.63, 3.8) is 0 Å². The van der Waals surface area contributed by atoms with Crippen LogP contribution in [0.25, 0.3) is 10.6 Å². The van der Waals surface area contributed by atoms with Crippen molar-refractivity contribution < 1.29 is 0 Å². The second kappa shape index (κ2) is 6.38. The van der Waals surface area contributed by atoms with Crippen molar-refractivity contribution in [3.05, 3.63) is 68.8 Å². The monoisotopic (exact) mass is 391 g/mol. The average Bonchev–Trinajstić information content (AvgIpc) is 3.39. The predicted molar refractivity (Wildman–Crippen MR) is 107 cm³/mol. The van der Waals surface area contributed by atoms with Crippen LogP contribution in [0, 0.1) is 0 Å². The van der Waals surface area contributed by atoms with Crippen LogP contribution < -0.4 is 10.9 Å². The van der Waals surface area contributed by atoms with Gasteiger partial charge in [-0.05, 0) is 38.9 Å². The van der Waals surface area contributed by atoms with E-state index in [9.17, 15) is 4.79 Å². The number of rotatable bonds is 3. The molecule has 4 heterocycles.